The SMILES string of the molecule is COC1(c2nc(C(N)C(=O)O)cs2)CCC(C)(C)CC1. The van der Waals surface area contributed by atoms with E-state index in [4.69, 9.17) is 15.6 Å². The molecule has 20 heavy (non-hydrogen) atoms. The van der Waals surface area contributed by atoms with Crippen molar-refractivity contribution in [3.05, 3.63) is 16.1 Å². The summed E-state index contributed by atoms with van der Waals surface area (Å²) in [5.41, 5.74) is 5.98. The molecule has 0 amide bonds. The fourth-order valence-corrected chi connectivity index (χ4v) is 3.69. The lowest BCUT2D eigenvalue weighted by atomic mass is 9.71. The zero-order chi connectivity index (χ0) is 15.0. The lowest BCUT2D eigenvalue weighted by Gasteiger charge is -2.41. The van der Waals surface area contributed by atoms with Gasteiger partial charge < -0.3 is 15.6 Å². The maximum atomic E-state index is 10.9. The first-order chi connectivity index (χ1) is 9.30. The Kier molecular flexibility index (Phi) is 4.18. The Hall–Kier alpha value is -0.980. The topological polar surface area (TPSA) is 85.4 Å². The summed E-state index contributed by atoms with van der Waals surface area (Å²) in [6, 6.07) is -1.06. The summed E-state index contributed by atoms with van der Waals surface area (Å²) in [4.78, 5) is 15.4. The van der Waals surface area contributed by atoms with Crippen LogP contribution in [-0.4, -0.2) is 23.2 Å². The standard InChI is InChI=1S/C14H22N2O3S/c1-13(2)4-6-14(19-3,7-5-13)12-16-9(8-20-12)10(15)11(17)18/h8,10H,4-7,15H2,1-3H3,(H,17,18). The number of carboxylic acids is 1. The number of aliphatic carboxylic acids is 1. The van der Waals surface area contributed by atoms with E-state index in [-0.39, 0.29) is 5.60 Å². The minimum Gasteiger partial charge on any atom is -0.480 e. The molecule has 1 aromatic rings. The number of hydrogen-bond donors (Lipinski definition) is 2. The van der Waals surface area contributed by atoms with Crippen molar-refractivity contribution < 1.29 is 14.6 Å². The van der Waals surface area contributed by atoms with E-state index in [0.29, 0.717) is 11.1 Å². The number of nitrogens with zero attached hydrogens (tertiary/aromatic N) is 1. The third-order valence-electron chi connectivity index (χ3n) is 4.30. The van der Waals surface area contributed by atoms with Gasteiger partial charge in [-0.25, -0.2) is 4.98 Å². The van der Waals surface area contributed by atoms with Crippen LogP contribution in [0.2, 0.25) is 0 Å². The molecule has 0 aliphatic heterocycles. The number of methoxy groups -OCH3 is 1. The summed E-state index contributed by atoms with van der Waals surface area (Å²) in [6.45, 7) is 4.53. The van der Waals surface area contributed by atoms with Crippen LogP contribution >= 0.6 is 11.3 Å². The number of rotatable bonds is 4. The van der Waals surface area contributed by atoms with E-state index >= 15 is 0 Å². The highest BCUT2D eigenvalue weighted by Crippen LogP contribution is 2.47. The number of thiazole rings is 1. The summed E-state index contributed by atoms with van der Waals surface area (Å²) < 4.78 is 5.77. The smallest absolute Gasteiger partial charge is 0.326 e. The number of carbonyl (C=O) groups is 1. The minimum atomic E-state index is -1.06. The molecule has 1 aliphatic rings. The zero-order valence-corrected chi connectivity index (χ0v) is 13.0. The molecule has 1 aromatic heterocycles. The summed E-state index contributed by atoms with van der Waals surface area (Å²) in [5, 5.41) is 11.5. The number of carboxylic acid groups (broad SMARTS) is 1. The van der Waals surface area contributed by atoms with Crippen molar-refractivity contribution >= 4 is 17.3 Å². The van der Waals surface area contributed by atoms with Crippen molar-refractivity contribution in [2.45, 2.75) is 51.2 Å². The van der Waals surface area contributed by atoms with E-state index in [9.17, 15) is 4.79 Å². The Bertz CT molecular complexity index is 488. The number of hydrogen-bond acceptors (Lipinski definition) is 5. The Morgan fingerprint density at radius 3 is 2.55 bits per heavy atom. The number of nitrogens with two attached hydrogens (primary N) is 1. The first kappa shape index (κ1) is 15.4. The summed E-state index contributed by atoms with van der Waals surface area (Å²) in [5.74, 6) is -1.06. The Morgan fingerprint density at radius 1 is 1.45 bits per heavy atom. The summed E-state index contributed by atoms with van der Waals surface area (Å²) >= 11 is 1.45. The Labute approximate surface area is 123 Å². The van der Waals surface area contributed by atoms with Crippen molar-refractivity contribution in [2.24, 2.45) is 11.1 Å². The van der Waals surface area contributed by atoms with E-state index in [1.54, 1.807) is 12.5 Å². The van der Waals surface area contributed by atoms with Crippen LogP contribution in [0.25, 0.3) is 0 Å². The van der Waals surface area contributed by atoms with Crippen molar-refractivity contribution in [3.8, 4) is 0 Å². The van der Waals surface area contributed by atoms with Gasteiger partial charge in [0.25, 0.3) is 0 Å². The molecular weight excluding hydrogens is 276 g/mol. The van der Waals surface area contributed by atoms with E-state index in [2.05, 4.69) is 18.8 Å². The third kappa shape index (κ3) is 2.87. The average Bonchev–Trinajstić information content (AvgIpc) is 2.88. The molecule has 1 aliphatic carbocycles. The van der Waals surface area contributed by atoms with Crippen LogP contribution in [0.4, 0.5) is 0 Å². The fourth-order valence-electron chi connectivity index (χ4n) is 2.60. The summed E-state index contributed by atoms with van der Waals surface area (Å²) in [7, 11) is 1.70. The number of ether oxygens (including phenoxy) is 1. The van der Waals surface area contributed by atoms with Crippen LogP contribution < -0.4 is 5.73 Å². The molecule has 1 atom stereocenters. The molecule has 1 saturated carbocycles. The molecule has 112 valence electrons. The van der Waals surface area contributed by atoms with Gasteiger partial charge in [-0.1, -0.05) is 13.8 Å². The van der Waals surface area contributed by atoms with Gasteiger partial charge in [0.05, 0.1) is 5.69 Å². The van der Waals surface area contributed by atoms with Gasteiger partial charge >= 0.3 is 5.97 Å². The molecule has 0 radical (unpaired) electrons. The van der Waals surface area contributed by atoms with Gasteiger partial charge in [0, 0.05) is 12.5 Å². The molecule has 6 heteroatoms. The molecule has 0 bridgehead atoms. The molecule has 0 aromatic carbocycles. The van der Waals surface area contributed by atoms with Gasteiger partial charge in [-0.2, -0.15) is 0 Å². The maximum absolute atomic E-state index is 10.9. The van der Waals surface area contributed by atoms with Gasteiger partial charge in [0.2, 0.25) is 0 Å². The zero-order valence-electron chi connectivity index (χ0n) is 12.2. The van der Waals surface area contributed by atoms with E-state index in [1.165, 1.54) is 11.3 Å². The Morgan fingerprint density at radius 2 is 2.05 bits per heavy atom. The molecule has 0 saturated heterocycles. The lowest BCUT2D eigenvalue weighted by Crippen LogP contribution is -2.36. The minimum absolute atomic E-state index is 0.333. The predicted octanol–water partition coefficient (Wildman–Crippen LogP) is 2.67. The third-order valence-corrected chi connectivity index (χ3v) is 5.34. The molecule has 1 unspecified atom stereocenters. The average molecular weight is 298 g/mol. The molecule has 1 fully saturated rings. The van der Waals surface area contributed by atoms with E-state index in [0.717, 1.165) is 30.7 Å². The molecule has 3 N–H and O–H groups in total. The fraction of sp³-hybridized carbons (Fsp3) is 0.714. The van der Waals surface area contributed by atoms with Crippen molar-refractivity contribution in [1.82, 2.24) is 4.98 Å². The quantitative estimate of drug-likeness (QED) is 0.892. The van der Waals surface area contributed by atoms with E-state index < -0.39 is 12.0 Å². The predicted molar refractivity (Wildman–Crippen MR) is 77.6 cm³/mol. The second kappa shape index (κ2) is 5.42. The van der Waals surface area contributed by atoms with Gasteiger partial charge in [-0.05, 0) is 31.1 Å². The van der Waals surface area contributed by atoms with Crippen molar-refractivity contribution in [3.63, 3.8) is 0 Å². The first-order valence-corrected chi connectivity index (χ1v) is 7.67. The Balaban J connectivity index is 2.23. The highest BCUT2D eigenvalue weighted by atomic mass is 32.1. The molecule has 5 nitrogen and oxygen atoms in total. The van der Waals surface area contributed by atoms with Crippen molar-refractivity contribution in [2.75, 3.05) is 7.11 Å². The molecule has 1 heterocycles. The van der Waals surface area contributed by atoms with Crippen LogP contribution in [0, 0.1) is 5.41 Å². The molecular formula is C14H22N2O3S. The van der Waals surface area contributed by atoms with Gasteiger partial charge in [0.1, 0.15) is 16.7 Å². The second-order valence-electron chi connectivity index (χ2n) is 6.26. The van der Waals surface area contributed by atoms with Gasteiger partial charge in [-0.3, -0.25) is 4.79 Å². The number of aromatic nitrogens is 1. The molecule has 0 spiro atoms. The van der Waals surface area contributed by atoms with Gasteiger partial charge in [0.15, 0.2) is 0 Å². The normalized spacial score (nSPS) is 22.4. The lowest BCUT2D eigenvalue weighted by molar-refractivity contribution is -0.138. The first-order valence-electron chi connectivity index (χ1n) is 6.79. The van der Waals surface area contributed by atoms with Crippen LogP contribution in [0.3, 0.4) is 0 Å². The van der Waals surface area contributed by atoms with Gasteiger partial charge in [-0.15, -0.1) is 11.3 Å². The highest BCUT2D eigenvalue weighted by molar-refractivity contribution is 7.09. The second-order valence-corrected chi connectivity index (χ2v) is 7.11. The maximum Gasteiger partial charge on any atom is 0.326 e. The van der Waals surface area contributed by atoms with Crippen LogP contribution in [-0.2, 0) is 15.1 Å². The van der Waals surface area contributed by atoms with Crippen LogP contribution in [0.15, 0.2) is 5.38 Å². The van der Waals surface area contributed by atoms with Crippen molar-refractivity contribution in [1.29, 1.82) is 0 Å². The largest absolute Gasteiger partial charge is 0.480 e. The monoisotopic (exact) mass is 298 g/mol. The molecule has 2 rings (SSSR count). The van der Waals surface area contributed by atoms with Crippen LogP contribution in [0.1, 0.15) is 56.3 Å². The summed E-state index contributed by atoms with van der Waals surface area (Å²) in [6.07, 6.45) is 3.96. The van der Waals surface area contributed by atoms with Crippen LogP contribution in [0.5, 0.6) is 0 Å². The van der Waals surface area contributed by atoms with E-state index in [1.807, 2.05) is 0 Å². The highest BCUT2D eigenvalue weighted by Gasteiger charge is 2.42.